The van der Waals surface area contributed by atoms with Gasteiger partial charge in [0, 0.05) is 13.1 Å². The number of carbonyl (C=O) groups excluding carboxylic acids is 2. The summed E-state index contributed by atoms with van der Waals surface area (Å²) in [6.07, 6.45) is 7.96. The van der Waals surface area contributed by atoms with E-state index in [-0.39, 0.29) is 17.7 Å². The monoisotopic (exact) mass is 401 g/mol. The van der Waals surface area contributed by atoms with E-state index in [1.807, 2.05) is 24.3 Å². The number of likely N-dealkylation sites (tertiary alicyclic amines) is 1. The Morgan fingerprint density at radius 2 is 1.90 bits per heavy atom. The average Bonchev–Trinajstić information content (AvgIpc) is 2.77. The standard InChI is InChI=1S/C23H35N3O3/c1-29-20-10-8-19(9-11-20)23(12-3-2-4-13-23)22(28)25-14-6-16-26-15-5-7-18(17-26)21(24)27/h8-11,18H,2-7,12-17H2,1H3,(H2,24,27)(H,25,28). The number of primary amides is 1. The van der Waals surface area contributed by atoms with E-state index in [2.05, 4.69) is 10.2 Å². The first-order valence-electron chi connectivity index (χ1n) is 11.0. The molecule has 3 N–H and O–H groups in total. The zero-order chi connectivity index (χ0) is 20.7. The highest BCUT2D eigenvalue weighted by molar-refractivity contribution is 5.88. The highest BCUT2D eigenvalue weighted by atomic mass is 16.5. The van der Waals surface area contributed by atoms with Crippen molar-refractivity contribution in [3.8, 4) is 5.75 Å². The van der Waals surface area contributed by atoms with Crippen molar-refractivity contribution in [2.45, 2.75) is 56.8 Å². The molecule has 160 valence electrons. The van der Waals surface area contributed by atoms with Crippen molar-refractivity contribution in [3.63, 3.8) is 0 Å². The largest absolute Gasteiger partial charge is 0.497 e. The first-order valence-corrected chi connectivity index (χ1v) is 11.0. The van der Waals surface area contributed by atoms with Gasteiger partial charge in [-0.1, -0.05) is 31.4 Å². The smallest absolute Gasteiger partial charge is 0.230 e. The Kier molecular flexibility index (Phi) is 7.53. The lowest BCUT2D eigenvalue weighted by Gasteiger charge is -2.36. The molecule has 0 bridgehead atoms. The third kappa shape index (κ3) is 5.30. The maximum atomic E-state index is 13.3. The second kappa shape index (κ2) is 10.1. The van der Waals surface area contributed by atoms with Crippen LogP contribution in [-0.4, -0.2) is 50.0 Å². The van der Waals surface area contributed by atoms with Crippen molar-refractivity contribution in [3.05, 3.63) is 29.8 Å². The summed E-state index contributed by atoms with van der Waals surface area (Å²) in [7, 11) is 1.66. The fourth-order valence-corrected chi connectivity index (χ4v) is 4.88. The van der Waals surface area contributed by atoms with Crippen LogP contribution in [0.3, 0.4) is 0 Å². The quantitative estimate of drug-likeness (QED) is 0.656. The Hall–Kier alpha value is -2.08. The van der Waals surface area contributed by atoms with E-state index in [0.717, 1.165) is 75.9 Å². The van der Waals surface area contributed by atoms with Crippen molar-refractivity contribution in [1.29, 1.82) is 0 Å². The van der Waals surface area contributed by atoms with Crippen LogP contribution in [0, 0.1) is 5.92 Å². The Bertz CT molecular complexity index is 683. The molecule has 2 fully saturated rings. The molecule has 6 heteroatoms. The SMILES string of the molecule is COc1ccc(C2(C(=O)NCCCN3CCCC(C(N)=O)C3)CCCCC2)cc1. The summed E-state index contributed by atoms with van der Waals surface area (Å²) in [6.45, 7) is 3.31. The number of hydrogen-bond acceptors (Lipinski definition) is 4. The number of carbonyl (C=O) groups is 2. The number of methoxy groups -OCH3 is 1. The van der Waals surface area contributed by atoms with Crippen LogP contribution >= 0.6 is 0 Å². The van der Waals surface area contributed by atoms with E-state index in [0.29, 0.717) is 6.54 Å². The number of amides is 2. The van der Waals surface area contributed by atoms with Crippen LogP contribution in [0.2, 0.25) is 0 Å². The van der Waals surface area contributed by atoms with Crippen molar-refractivity contribution < 1.29 is 14.3 Å². The molecule has 0 spiro atoms. The summed E-state index contributed by atoms with van der Waals surface area (Å²) in [5.74, 6) is 0.743. The van der Waals surface area contributed by atoms with Crippen LogP contribution in [0.15, 0.2) is 24.3 Å². The van der Waals surface area contributed by atoms with Crippen LogP contribution in [0.25, 0.3) is 0 Å². The molecule has 0 radical (unpaired) electrons. The van der Waals surface area contributed by atoms with E-state index in [4.69, 9.17) is 10.5 Å². The lowest BCUT2D eigenvalue weighted by Crippen LogP contribution is -2.47. The van der Waals surface area contributed by atoms with Crippen LogP contribution in [0.5, 0.6) is 5.75 Å². The molecule has 1 aromatic rings. The molecule has 1 heterocycles. The summed E-state index contributed by atoms with van der Waals surface area (Å²) >= 11 is 0. The fraction of sp³-hybridized carbons (Fsp3) is 0.652. The zero-order valence-electron chi connectivity index (χ0n) is 17.6. The average molecular weight is 402 g/mol. The summed E-state index contributed by atoms with van der Waals surface area (Å²) in [5, 5.41) is 3.21. The van der Waals surface area contributed by atoms with E-state index >= 15 is 0 Å². The first kappa shape index (κ1) is 21.6. The van der Waals surface area contributed by atoms with E-state index in [1.165, 1.54) is 6.42 Å². The minimum absolute atomic E-state index is 0.0288. The van der Waals surface area contributed by atoms with Crippen molar-refractivity contribution >= 4 is 11.8 Å². The van der Waals surface area contributed by atoms with Crippen LogP contribution in [-0.2, 0) is 15.0 Å². The van der Waals surface area contributed by atoms with E-state index < -0.39 is 5.41 Å². The Morgan fingerprint density at radius 1 is 1.17 bits per heavy atom. The maximum Gasteiger partial charge on any atom is 0.230 e. The Morgan fingerprint density at radius 3 is 2.55 bits per heavy atom. The molecule has 1 aliphatic heterocycles. The molecule has 1 aromatic carbocycles. The van der Waals surface area contributed by atoms with Gasteiger partial charge in [0.25, 0.3) is 0 Å². The molecular weight excluding hydrogens is 366 g/mol. The molecular formula is C23H35N3O3. The Balaban J connectivity index is 1.54. The van der Waals surface area contributed by atoms with Gasteiger partial charge in [0.15, 0.2) is 0 Å². The topological polar surface area (TPSA) is 84.7 Å². The van der Waals surface area contributed by atoms with Gasteiger partial charge in [-0.15, -0.1) is 0 Å². The van der Waals surface area contributed by atoms with Gasteiger partial charge in [-0.25, -0.2) is 0 Å². The molecule has 2 amide bonds. The molecule has 1 atom stereocenters. The van der Waals surface area contributed by atoms with Gasteiger partial charge < -0.3 is 20.7 Å². The van der Waals surface area contributed by atoms with Crippen LogP contribution < -0.4 is 15.8 Å². The summed E-state index contributed by atoms with van der Waals surface area (Å²) < 4.78 is 5.28. The van der Waals surface area contributed by atoms with Gasteiger partial charge >= 0.3 is 0 Å². The van der Waals surface area contributed by atoms with Gasteiger partial charge in [-0.3, -0.25) is 9.59 Å². The molecule has 1 unspecified atom stereocenters. The number of hydrogen-bond donors (Lipinski definition) is 2. The molecule has 1 aliphatic carbocycles. The number of nitrogens with two attached hydrogens (primary N) is 1. The maximum absolute atomic E-state index is 13.3. The summed E-state index contributed by atoms with van der Waals surface area (Å²) in [5.41, 5.74) is 6.13. The van der Waals surface area contributed by atoms with Gasteiger partial charge in [0.2, 0.25) is 11.8 Å². The lowest BCUT2D eigenvalue weighted by molar-refractivity contribution is -0.128. The number of ether oxygens (including phenoxy) is 1. The second-order valence-electron chi connectivity index (χ2n) is 8.52. The van der Waals surface area contributed by atoms with Gasteiger partial charge in [0.1, 0.15) is 5.75 Å². The molecule has 1 saturated carbocycles. The van der Waals surface area contributed by atoms with Crippen molar-refractivity contribution in [1.82, 2.24) is 10.2 Å². The highest BCUT2D eigenvalue weighted by Gasteiger charge is 2.40. The van der Waals surface area contributed by atoms with Crippen molar-refractivity contribution in [2.75, 3.05) is 33.3 Å². The van der Waals surface area contributed by atoms with Gasteiger partial charge in [-0.2, -0.15) is 0 Å². The third-order valence-electron chi connectivity index (χ3n) is 6.63. The minimum atomic E-state index is -0.424. The predicted molar refractivity (Wildman–Crippen MR) is 114 cm³/mol. The number of piperidine rings is 1. The molecule has 0 aromatic heterocycles. The lowest BCUT2D eigenvalue weighted by atomic mass is 9.68. The molecule has 6 nitrogen and oxygen atoms in total. The summed E-state index contributed by atoms with van der Waals surface area (Å²) in [6, 6.07) is 7.98. The van der Waals surface area contributed by atoms with Gasteiger partial charge in [-0.05, 0) is 62.9 Å². The minimum Gasteiger partial charge on any atom is -0.497 e. The van der Waals surface area contributed by atoms with E-state index in [9.17, 15) is 9.59 Å². The third-order valence-corrected chi connectivity index (χ3v) is 6.63. The number of rotatable bonds is 8. The molecule has 2 aliphatic rings. The molecule has 1 saturated heterocycles. The summed E-state index contributed by atoms with van der Waals surface area (Å²) in [4.78, 5) is 27.0. The van der Waals surface area contributed by atoms with Crippen LogP contribution in [0.1, 0.15) is 56.9 Å². The molecule has 29 heavy (non-hydrogen) atoms. The number of nitrogens with zero attached hydrogens (tertiary/aromatic N) is 1. The van der Waals surface area contributed by atoms with E-state index in [1.54, 1.807) is 7.11 Å². The molecule has 3 rings (SSSR count). The van der Waals surface area contributed by atoms with Crippen molar-refractivity contribution in [2.24, 2.45) is 11.7 Å². The highest BCUT2D eigenvalue weighted by Crippen LogP contribution is 2.40. The zero-order valence-corrected chi connectivity index (χ0v) is 17.6. The first-order chi connectivity index (χ1) is 14.0. The number of benzene rings is 1. The second-order valence-corrected chi connectivity index (χ2v) is 8.52. The normalized spacial score (nSPS) is 22.0. The predicted octanol–water partition coefficient (Wildman–Crippen LogP) is 2.60. The Labute approximate surface area is 174 Å². The van der Waals surface area contributed by atoms with Crippen LogP contribution in [0.4, 0.5) is 0 Å². The number of nitrogens with one attached hydrogen (secondary N) is 1. The van der Waals surface area contributed by atoms with Gasteiger partial charge in [0.05, 0.1) is 18.4 Å². The fourth-order valence-electron chi connectivity index (χ4n) is 4.88.